The number of nitrogen functional groups attached to an aromatic ring is 1. The number of hydrogen-bond acceptors (Lipinski definition) is 4. The highest BCUT2D eigenvalue weighted by atomic mass is 15.2. The summed E-state index contributed by atoms with van der Waals surface area (Å²) in [6.45, 7) is 4.30. The van der Waals surface area contributed by atoms with Gasteiger partial charge in [-0.1, -0.05) is 19.8 Å². The maximum absolute atomic E-state index is 5.99. The molecule has 1 saturated carbocycles. The van der Waals surface area contributed by atoms with Gasteiger partial charge in [0.25, 0.3) is 0 Å². The predicted octanol–water partition coefficient (Wildman–Crippen LogP) is 2.30. The van der Waals surface area contributed by atoms with E-state index in [1.807, 2.05) is 6.92 Å². The second-order valence-corrected chi connectivity index (χ2v) is 5.48. The van der Waals surface area contributed by atoms with Gasteiger partial charge < -0.3 is 5.73 Å². The van der Waals surface area contributed by atoms with E-state index in [-0.39, 0.29) is 6.04 Å². The summed E-state index contributed by atoms with van der Waals surface area (Å²) in [6.07, 6.45) is 6.82. The van der Waals surface area contributed by atoms with Crippen LogP contribution < -0.4 is 17.0 Å². The SMILES string of the molecule is CCC1CCC(C(NN)c2cc(C)cnc2N)C1. The van der Waals surface area contributed by atoms with Crippen LogP contribution in [-0.2, 0) is 0 Å². The summed E-state index contributed by atoms with van der Waals surface area (Å²) in [5.41, 5.74) is 11.1. The first-order chi connectivity index (χ1) is 8.65. The number of hydrazine groups is 1. The molecule has 0 aromatic carbocycles. The van der Waals surface area contributed by atoms with Crippen LogP contribution in [0.25, 0.3) is 0 Å². The zero-order chi connectivity index (χ0) is 13.1. The van der Waals surface area contributed by atoms with Crippen LogP contribution in [0.15, 0.2) is 12.3 Å². The van der Waals surface area contributed by atoms with Gasteiger partial charge in [0, 0.05) is 11.8 Å². The molecule has 0 spiro atoms. The van der Waals surface area contributed by atoms with E-state index in [4.69, 9.17) is 11.6 Å². The van der Waals surface area contributed by atoms with Crippen LogP contribution in [0.5, 0.6) is 0 Å². The molecule has 18 heavy (non-hydrogen) atoms. The minimum Gasteiger partial charge on any atom is -0.383 e. The molecule has 100 valence electrons. The third-order valence-electron chi connectivity index (χ3n) is 4.23. The van der Waals surface area contributed by atoms with Crippen molar-refractivity contribution in [1.29, 1.82) is 0 Å². The van der Waals surface area contributed by atoms with Crippen LogP contribution in [0.4, 0.5) is 5.82 Å². The second kappa shape index (κ2) is 5.67. The third kappa shape index (κ3) is 2.65. The van der Waals surface area contributed by atoms with E-state index in [2.05, 4.69) is 23.4 Å². The Hall–Kier alpha value is -1.13. The van der Waals surface area contributed by atoms with E-state index < -0.39 is 0 Å². The van der Waals surface area contributed by atoms with E-state index in [1.165, 1.54) is 25.7 Å². The van der Waals surface area contributed by atoms with Crippen LogP contribution in [0.1, 0.15) is 49.8 Å². The van der Waals surface area contributed by atoms with E-state index in [0.29, 0.717) is 11.7 Å². The molecule has 1 aliphatic carbocycles. The Morgan fingerprint density at radius 2 is 2.28 bits per heavy atom. The Balaban J connectivity index is 2.20. The lowest BCUT2D eigenvalue weighted by molar-refractivity contribution is 0.358. The lowest BCUT2D eigenvalue weighted by atomic mass is 9.90. The number of rotatable bonds is 4. The monoisotopic (exact) mass is 248 g/mol. The van der Waals surface area contributed by atoms with Gasteiger partial charge in [-0.3, -0.25) is 11.3 Å². The molecule has 4 heteroatoms. The van der Waals surface area contributed by atoms with Crippen molar-refractivity contribution >= 4 is 5.82 Å². The number of aryl methyl sites for hydroxylation is 1. The van der Waals surface area contributed by atoms with E-state index >= 15 is 0 Å². The smallest absolute Gasteiger partial charge is 0.128 e. The Bertz CT molecular complexity index is 405. The number of nitrogens with zero attached hydrogens (tertiary/aromatic N) is 1. The summed E-state index contributed by atoms with van der Waals surface area (Å²) >= 11 is 0. The molecule has 2 rings (SSSR count). The molecular weight excluding hydrogens is 224 g/mol. The highest BCUT2D eigenvalue weighted by Gasteiger charge is 2.31. The highest BCUT2D eigenvalue weighted by Crippen LogP contribution is 2.41. The zero-order valence-electron chi connectivity index (χ0n) is 11.3. The van der Waals surface area contributed by atoms with E-state index in [0.717, 1.165) is 17.0 Å². The van der Waals surface area contributed by atoms with Gasteiger partial charge in [-0.25, -0.2) is 4.98 Å². The average molecular weight is 248 g/mol. The predicted molar refractivity (Wildman–Crippen MR) is 74.6 cm³/mol. The number of anilines is 1. The minimum atomic E-state index is 0.133. The number of nitrogens with two attached hydrogens (primary N) is 2. The first kappa shape index (κ1) is 13.3. The zero-order valence-corrected chi connectivity index (χ0v) is 11.3. The van der Waals surface area contributed by atoms with Crippen molar-refractivity contribution in [2.45, 2.75) is 45.6 Å². The number of hydrogen-bond donors (Lipinski definition) is 3. The first-order valence-electron chi connectivity index (χ1n) is 6.83. The number of pyridine rings is 1. The lowest BCUT2D eigenvalue weighted by Gasteiger charge is -2.24. The Kier molecular flexibility index (Phi) is 4.19. The fourth-order valence-corrected chi connectivity index (χ4v) is 3.12. The topological polar surface area (TPSA) is 77.0 Å². The van der Waals surface area contributed by atoms with Gasteiger partial charge in [-0.05, 0) is 43.2 Å². The molecule has 1 heterocycles. The molecule has 3 atom stereocenters. The molecular formula is C14H24N4. The summed E-state index contributed by atoms with van der Waals surface area (Å²) in [6, 6.07) is 2.24. The molecule has 1 fully saturated rings. The standard InChI is InChI=1S/C14H24N4/c1-3-10-4-5-11(7-10)13(18-16)12-6-9(2)8-17-14(12)15/h6,8,10-11,13,18H,3-5,7,16H2,1-2H3,(H2,15,17). The van der Waals surface area contributed by atoms with Crippen molar-refractivity contribution in [3.8, 4) is 0 Å². The van der Waals surface area contributed by atoms with E-state index in [1.54, 1.807) is 6.20 Å². The molecule has 1 aromatic heterocycles. The van der Waals surface area contributed by atoms with Gasteiger partial charge in [0.2, 0.25) is 0 Å². The van der Waals surface area contributed by atoms with Crippen LogP contribution in [0, 0.1) is 18.8 Å². The third-order valence-corrected chi connectivity index (χ3v) is 4.23. The van der Waals surface area contributed by atoms with Crippen molar-refractivity contribution in [3.63, 3.8) is 0 Å². The first-order valence-corrected chi connectivity index (χ1v) is 6.83. The fourth-order valence-electron chi connectivity index (χ4n) is 3.12. The Labute approximate surface area is 109 Å². The molecule has 1 aliphatic rings. The Morgan fingerprint density at radius 1 is 1.50 bits per heavy atom. The number of nitrogens with one attached hydrogen (secondary N) is 1. The fraction of sp³-hybridized carbons (Fsp3) is 0.643. The summed E-state index contributed by atoms with van der Waals surface area (Å²) in [7, 11) is 0. The number of aromatic nitrogens is 1. The normalized spacial score (nSPS) is 25.3. The minimum absolute atomic E-state index is 0.133. The second-order valence-electron chi connectivity index (χ2n) is 5.48. The highest BCUT2D eigenvalue weighted by molar-refractivity contribution is 5.43. The van der Waals surface area contributed by atoms with Crippen LogP contribution in [0.3, 0.4) is 0 Å². The van der Waals surface area contributed by atoms with Crippen LogP contribution >= 0.6 is 0 Å². The summed E-state index contributed by atoms with van der Waals surface area (Å²) in [4.78, 5) is 4.24. The maximum atomic E-state index is 5.99. The van der Waals surface area contributed by atoms with Crippen molar-refractivity contribution in [2.24, 2.45) is 17.7 Å². The molecule has 1 aromatic rings. The molecule has 0 amide bonds. The van der Waals surface area contributed by atoms with Crippen LogP contribution in [0.2, 0.25) is 0 Å². The van der Waals surface area contributed by atoms with Crippen molar-refractivity contribution < 1.29 is 0 Å². The van der Waals surface area contributed by atoms with Crippen molar-refractivity contribution in [1.82, 2.24) is 10.4 Å². The summed E-state index contributed by atoms with van der Waals surface area (Å²) in [5, 5.41) is 0. The maximum Gasteiger partial charge on any atom is 0.128 e. The largest absolute Gasteiger partial charge is 0.383 e. The Morgan fingerprint density at radius 3 is 2.89 bits per heavy atom. The van der Waals surface area contributed by atoms with Gasteiger partial charge in [-0.15, -0.1) is 0 Å². The van der Waals surface area contributed by atoms with Gasteiger partial charge in [0.15, 0.2) is 0 Å². The van der Waals surface area contributed by atoms with Gasteiger partial charge >= 0.3 is 0 Å². The van der Waals surface area contributed by atoms with Gasteiger partial charge in [0.1, 0.15) is 5.82 Å². The quantitative estimate of drug-likeness (QED) is 0.564. The van der Waals surface area contributed by atoms with E-state index in [9.17, 15) is 0 Å². The van der Waals surface area contributed by atoms with Crippen LogP contribution in [-0.4, -0.2) is 4.98 Å². The summed E-state index contributed by atoms with van der Waals surface area (Å²) in [5.74, 6) is 7.77. The molecule has 4 nitrogen and oxygen atoms in total. The molecule has 0 saturated heterocycles. The van der Waals surface area contributed by atoms with Crippen molar-refractivity contribution in [3.05, 3.63) is 23.4 Å². The lowest BCUT2D eigenvalue weighted by Crippen LogP contribution is -2.33. The summed E-state index contributed by atoms with van der Waals surface area (Å²) < 4.78 is 0. The molecule has 0 bridgehead atoms. The molecule has 3 unspecified atom stereocenters. The van der Waals surface area contributed by atoms with Gasteiger partial charge in [-0.2, -0.15) is 0 Å². The van der Waals surface area contributed by atoms with Gasteiger partial charge in [0.05, 0.1) is 6.04 Å². The molecule has 0 aliphatic heterocycles. The molecule has 5 N–H and O–H groups in total. The van der Waals surface area contributed by atoms with Crippen molar-refractivity contribution in [2.75, 3.05) is 5.73 Å². The average Bonchev–Trinajstić information content (AvgIpc) is 2.83. The molecule has 0 radical (unpaired) electrons.